The molecule has 0 unspecified atom stereocenters. The van der Waals surface area contributed by atoms with Gasteiger partial charge in [-0.05, 0) is 41.5 Å². The van der Waals surface area contributed by atoms with Gasteiger partial charge < -0.3 is 5.73 Å². The van der Waals surface area contributed by atoms with E-state index in [2.05, 4.69) is 38.4 Å². The second kappa shape index (κ2) is 6.14. The Hall–Kier alpha value is -1.43. The number of benzene rings is 1. The van der Waals surface area contributed by atoms with Crippen LogP contribution in [0.1, 0.15) is 31.7 Å². The van der Waals surface area contributed by atoms with E-state index >= 15 is 0 Å². The van der Waals surface area contributed by atoms with Crippen LogP contribution in [0.15, 0.2) is 16.6 Å². The molecule has 1 aromatic heterocycles. The standard InChI is InChI=1S/C13H18BrN5/c1-3-4-5-6-19-13(16-17-18-19)11-7-10(14)8-12(15)9(11)2/h7-8H,3-6,15H2,1-2H3. The summed E-state index contributed by atoms with van der Waals surface area (Å²) in [5.74, 6) is 0.779. The Morgan fingerprint density at radius 2 is 2.11 bits per heavy atom. The molecule has 0 amide bonds. The van der Waals surface area contributed by atoms with E-state index < -0.39 is 0 Å². The summed E-state index contributed by atoms with van der Waals surface area (Å²) in [5.41, 5.74) is 8.72. The van der Waals surface area contributed by atoms with Crippen LogP contribution in [-0.4, -0.2) is 20.2 Å². The molecule has 0 spiro atoms. The van der Waals surface area contributed by atoms with Gasteiger partial charge in [-0.1, -0.05) is 35.7 Å². The molecule has 2 N–H and O–H groups in total. The Balaban J connectivity index is 2.34. The number of nitrogen functional groups attached to an aromatic ring is 1. The smallest absolute Gasteiger partial charge is 0.182 e. The third-order valence-corrected chi connectivity index (χ3v) is 3.62. The predicted octanol–water partition coefficient (Wildman–Crippen LogP) is 3.18. The van der Waals surface area contributed by atoms with Crippen molar-refractivity contribution in [3.8, 4) is 11.4 Å². The Kier molecular flexibility index (Phi) is 4.52. The molecule has 6 heteroatoms. The first-order valence-corrected chi connectivity index (χ1v) is 7.25. The van der Waals surface area contributed by atoms with E-state index in [0.29, 0.717) is 0 Å². The van der Waals surface area contributed by atoms with Crippen LogP contribution in [0.25, 0.3) is 11.4 Å². The molecule has 0 aliphatic rings. The molecule has 5 nitrogen and oxygen atoms in total. The van der Waals surface area contributed by atoms with Crippen LogP contribution in [0, 0.1) is 6.92 Å². The maximum Gasteiger partial charge on any atom is 0.182 e. The summed E-state index contributed by atoms with van der Waals surface area (Å²) in [5, 5.41) is 12.0. The minimum atomic E-state index is 0.743. The largest absolute Gasteiger partial charge is 0.398 e. The lowest BCUT2D eigenvalue weighted by atomic mass is 10.1. The predicted molar refractivity (Wildman–Crippen MR) is 79.6 cm³/mol. The molecule has 1 heterocycles. The molecule has 0 aliphatic heterocycles. The Labute approximate surface area is 121 Å². The summed E-state index contributed by atoms with van der Waals surface area (Å²) in [7, 11) is 0. The second-order valence-electron chi connectivity index (χ2n) is 4.60. The van der Waals surface area contributed by atoms with Crippen LogP contribution in [0.5, 0.6) is 0 Å². The van der Waals surface area contributed by atoms with Gasteiger partial charge in [0.1, 0.15) is 0 Å². The summed E-state index contributed by atoms with van der Waals surface area (Å²) in [6.07, 6.45) is 3.44. The number of hydrogen-bond donors (Lipinski definition) is 1. The normalized spacial score (nSPS) is 10.9. The molecule has 0 bridgehead atoms. The molecular formula is C13H18BrN5. The van der Waals surface area contributed by atoms with Crippen molar-refractivity contribution in [2.24, 2.45) is 0 Å². The fraction of sp³-hybridized carbons (Fsp3) is 0.462. The van der Waals surface area contributed by atoms with Gasteiger partial charge in [0, 0.05) is 22.3 Å². The van der Waals surface area contributed by atoms with Gasteiger partial charge in [-0.25, -0.2) is 4.68 Å². The zero-order valence-corrected chi connectivity index (χ0v) is 12.8. The number of halogens is 1. The third kappa shape index (κ3) is 3.12. The molecule has 2 aromatic rings. The van der Waals surface area contributed by atoms with Gasteiger partial charge in [-0.15, -0.1) is 5.10 Å². The molecular weight excluding hydrogens is 306 g/mol. The van der Waals surface area contributed by atoms with Gasteiger partial charge in [0.05, 0.1) is 0 Å². The average Bonchev–Trinajstić information content (AvgIpc) is 2.82. The number of nitrogens with two attached hydrogens (primary N) is 1. The van der Waals surface area contributed by atoms with Crippen LogP contribution >= 0.6 is 15.9 Å². The molecule has 1 aromatic carbocycles. The van der Waals surface area contributed by atoms with Crippen LogP contribution < -0.4 is 5.73 Å². The molecule has 0 radical (unpaired) electrons. The number of tetrazole rings is 1. The van der Waals surface area contributed by atoms with E-state index in [9.17, 15) is 0 Å². The number of aryl methyl sites for hydroxylation is 1. The first-order chi connectivity index (χ1) is 9.13. The van der Waals surface area contributed by atoms with E-state index in [1.807, 2.05) is 23.7 Å². The quantitative estimate of drug-likeness (QED) is 0.677. The van der Waals surface area contributed by atoms with Crippen LogP contribution in [0.3, 0.4) is 0 Å². The topological polar surface area (TPSA) is 69.6 Å². The van der Waals surface area contributed by atoms with Crippen molar-refractivity contribution >= 4 is 21.6 Å². The molecule has 0 atom stereocenters. The van der Waals surface area contributed by atoms with Crippen molar-refractivity contribution in [2.75, 3.05) is 5.73 Å². The molecule has 0 saturated heterocycles. The summed E-state index contributed by atoms with van der Waals surface area (Å²) in [4.78, 5) is 0. The van der Waals surface area contributed by atoms with Crippen LogP contribution in [0.2, 0.25) is 0 Å². The van der Waals surface area contributed by atoms with Crippen molar-refractivity contribution < 1.29 is 0 Å². The van der Waals surface area contributed by atoms with Gasteiger partial charge in [0.2, 0.25) is 0 Å². The fourth-order valence-corrected chi connectivity index (χ4v) is 2.47. The minimum Gasteiger partial charge on any atom is -0.398 e. The highest BCUT2D eigenvalue weighted by molar-refractivity contribution is 9.10. The van der Waals surface area contributed by atoms with Gasteiger partial charge in [-0.3, -0.25) is 0 Å². The summed E-state index contributed by atoms with van der Waals surface area (Å²) in [6.45, 7) is 5.00. The van der Waals surface area contributed by atoms with E-state index in [0.717, 1.165) is 40.1 Å². The summed E-state index contributed by atoms with van der Waals surface area (Å²) < 4.78 is 2.79. The zero-order valence-electron chi connectivity index (χ0n) is 11.2. The molecule has 0 fully saturated rings. The van der Waals surface area contributed by atoms with Gasteiger partial charge >= 0.3 is 0 Å². The maximum atomic E-state index is 5.99. The van der Waals surface area contributed by atoms with Crippen LogP contribution in [0.4, 0.5) is 5.69 Å². The van der Waals surface area contributed by atoms with Crippen LogP contribution in [-0.2, 0) is 6.54 Å². The van der Waals surface area contributed by atoms with Crippen molar-refractivity contribution in [3.05, 3.63) is 22.2 Å². The highest BCUT2D eigenvalue weighted by Gasteiger charge is 2.13. The van der Waals surface area contributed by atoms with E-state index in [4.69, 9.17) is 5.73 Å². The first kappa shape index (κ1) is 14.0. The minimum absolute atomic E-state index is 0.743. The van der Waals surface area contributed by atoms with Crippen molar-refractivity contribution in [1.29, 1.82) is 0 Å². The number of unbranched alkanes of at least 4 members (excludes halogenated alkanes) is 2. The Morgan fingerprint density at radius 3 is 2.84 bits per heavy atom. The Bertz CT molecular complexity index is 564. The molecule has 2 rings (SSSR count). The lowest BCUT2D eigenvalue weighted by molar-refractivity contribution is 0.541. The van der Waals surface area contributed by atoms with Crippen molar-refractivity contribution in [2.45, 2.75) is 39.7 Å². The van der Waals surface area contributed by atoms with Crippen molar-refractivity contribution in [3.63, 3.8) is 0 Å². The summed E-state index contributed by atoms with van der Waals surface area (Å²) >= 11 is 3.46. The van der Waals surface area contributed by atoms with E-state index in [-0.39, 0.29) is 0 Å². The number of rotatable bonds is 5. The van der Waals surface area contributed by atoms with E-state index in [1.165, 1.54) is 12.8 Å². The highest BCUT2D eigenvalue weighted by Crippen LogP contribution is 2.29. The second-order valence-corrected chi connectivity index (χ2v) is 5.52. The van der Waals surface area contributed by atoms with E-state index in [1.54, 1.807) is 0 Å². The number of hydrogen-bond acceptors (Lipinski definition) is 4. The maximum absolute atomic E-state index is 5.99. The first-order valence-electron chi connectivity index (χ1n) is 6.45. The molecule has 0 saturated carbocycles. The average molecular weight is 324 g/mol. The number of nitrogens with zero attached hydrogens (tertiary/aromatic N) is 4. The lowest BCUT2D eigenvalue weighted by Crippen LogP contribution is -2.04. The number of anilines is 1. The third-order valence-electron chi connectivity index (χ3n) is 3.16. The lowest BCUT2D eigenvalue weighted by Gasteiger charge is -2.09. The molecule has 102 valence electrons. The van der Waals surface area contributed by atoms with Gasteiger partial charge in [0.25, 0.3) is 0 Å². The fourth-order valence-electron chi connectivity index (χ4n) is 1.99. The monoisotopic (exact) mass is 323 g/mol. The molecule has 0 aliphatic carbocycles. The van der Waals surface area contributed by atoms with Crippen molar-refractivity contribution in [1.82, 2.24) is 20.2 Å². The van der Waals surface area contributed by atoms with Gasteiger partial charge in [0.15, 0.2) is 5.82 Å². The highest BCUT2D eigenvalue weighted by atomic mass is 79.9. The number of aromatic nitrogens is 4. The molecule has 19 heavy (non-hydrogen) atoms. The summed E-state index contributed by atoms with van der Waals surface area (Å²) in [6, 6.07) is 3.90. The van der Waals surface area contributed by atoms with Gasteiger partial charge in [-0.2, -0.15) is 0 Å². The SMILES string of the molecule is CCCCCn1nnnc1-c1cc(Br)cc(N)c1C. The Morgan fingerprint density at radius 1 is 1.32 bits per heavy atom. The zero-order chi connectivity index (χ0) is 13.8.